The number of ether oxygens (including phenoxy) is 1. The molecule has 5 heteroatoms. The predicted octanol–water partition coefficient (Wildman–Crippen LogP) is 2.49. The SMILES string of the molecule is NC(=O)[C@H]1CCCN(Cc2ccc(NC[C@H]3CCC=CO3)cc2)C1. The zero-order valence-corrected chi connectivity index (χ0v) is 14.1. The number of nitrogens with zero attached hydrogens (tertiary/aromatic N) is 1. The maximum absolute atomic E-state index is 11.4. The molecule has 24 heavy (non-hydrogen) atoms. The number of primary amides is 1. The molecule has 1 fully saturated rings. The molecule has 3 rings (SSSR count). The summed E-state index contributed by atoms with van der Waals surface area (Å²) >= 11 is 0. The van der Waals surface area contributed by atoms with Gasteiger partial charge in [-0.1, -0.05) is 12.1 Å². The first-order chi connectivity index (χ1) is 11.7. The number of rotatable bonds is 6. The second-order valence-corrected chi connectivity index (χ2v) is 6.76. The first kappa shape index (κ1) is 16.8. The van der Waals surface area contributed by atoms with Gasteiger partial charge < -0.3 is 15.8 Å². The minimum Gasteiger partial charge on any atom is -0.497 e. The highest BCUT2D eigenvalue weighted by molar-refractivity contribution is 5.76. The number of nitrogens with one attached hydrogen (secondary N) is 1. The van der Waals surface area contributed by atoms with Gasteiger partial charge in [-0.15, -0.1) is 0 Å². The average Bonchev–Trinajstić information content (AvgIpc) is 2.62. The molecule has 1 aromatic rings. The van der Waals surface area contributed by atoms with E-state index >= 15 is 0 Å². The maximum atomic E-state index is 11.4. The molecular weight excluding hydrogens is 302 g/mol. The second-order valence-electron chi connectivity index (χ2n) is 6.76. The van der Waals surface area contributed by atoms with Crippen LogP contribution in [-0.2, 0) is 16.1 Å². The van der Waals surface area contributed by atoms with Crippen molar-refractivity contribution >= 4 is 11.6 Å². The Morgan fingerprint density at radius 3 is 2.83 bits per heavy atom. The fourth-order valence-electron chi connectivity index (χ4n) is 3.38. The van der Waals surface area contributed by atoms with Crippen LogP contribution >= 0.6 is 0 Å². The molecule has 1 aromatic carbocycles. The van der Waals surface area contributed by atoms with Gasteiger partial charge in [0, 0.05) is 18.8 Å². The summed E-state index contributed by atoms with van der Waals surface area (Å²) in [5.41, 5.74) is 7.83. The second kappa shape index (κ2) is 8.20. The van der Waals surface area contributed by atoms with Gasteiger partial charge in [0.1, 0.15) is 6.10 Å². The number of hydrogen-bond acceptors (Lipinski definition) is 4. The maximum Gasteiger partial charge on any atom is 0.221 e. The zero-order valence-electron chi connectivity index (χ0n) is 14.1. The van der Waals surface area contributed by atoms with Crippen LogP contribution in [0.3, 0.4) is 0 Å². The quantitative estimate of drug-likeness (QED) is 0.841. The molecule has 0 saturated carbocycles. The highest BCUT2D eigenvalue weighted by Gasteiger charge is 2.23. The largest absolute Gasteiger partial charge is 0.497 e. The first-order valence-corrected chi connectivity index (χ1v) is 8.85. The normalized spacial score (nSPS) is 24.3. The molecule has 0 unspecified atom stereocenters. The number of allylic oxidation sites excluding steroid dienone is 1. The Balaban J connectivity index is 1.47. The fourth-order valence-corrected chi connectivity index (χ4v) is 3.38. The highest BCUT2D eigenvalue weighted by Crippen LogP contribution is 2.19. The van der Waals surface area contributed by atoms with Gasteiger partial charge in [0.2, 0.25) is 5.91 Å². The van der Waals surface area contributed by atoms with E-state index in [-0.39, 0.29) is 17.9 Å². The zero-order chi connectivity index (χ0) is 16.8. The molecule has 130 valence electrons. The summed E-state index contributed by atoms with van der Waals surface area (Å²) in [6.45, 7) is 3.52. The van der Waals surface area contributed by atoms with Gasteiger partial charge in [0.05, 0.1) is 18.7 Å². The molecule has 0 aromatic heterocycles. The van der Waals surface area contributed by atoms with Crippen LogP contribution in [0.4, 0.5) is 5.69 Å². The summed E-state index contributed by atoms with van der Waals surface area (Å²) in [6, 6.07) is 8.53. The number of piperidine rings is 1. The average molecular weight is 329 g/mol. The van der Waals surface area contributed by atoms with Crippen molar-refractivity contribution in [3.63, 3.8) is 0 Å². The van der Waals surface area contributed by atoms with E-state index in [1.54, 1.807) is 6.26 Å². The number of benzene rings is 1. The van der Waals surface area contributed by atoms with Crippen molar-refractivity contribution in [2.24, 2.45) is 11.7 Å². The molecule has 2 aliphatic rings. The van der Waals surface area contributed by atoms with Gasteiger partial charge in [0.15, 0.2) is 0 Å². The van der Waals surface area contributed by atoms with Crippen molar-refractivity contribution < 1.29 is 9.53 Å². The molecular formula is C19H27N3O2. The third kappa shape index (κ3) is 4.74. The smallest absolute Gasteiger partial charge is 0.221 e. The number of nitrogens with two attached hydrogens (primary N) is 1. The monoisotopic (exact) mass is 329 g/mol. The lowest BCUT2D eigenvalue weighted by Gasteiger charge is -2.31. The predicted molar refractivity (Wildman–Crippen MR) is 95.4 cm³/mol. The molecule has 5 nitrogen and oxygen atoms in total. The van der Waals surface area contributed by atoms with Crippen molar-refractivity contribution in [1.29, 1.82) is 0 Å². The van der Waals surface area contributed by atoms with Crippen LogP contribution in [0.25, 0.3) is 0 Å². The molecule has 3 N–H and O–H groups in total. The Morgan fingerprint density at radius 1 is 1.29 bits per heavy atom. The van der Waals surface area contributed by atoms with Crippen LogP contribution in [0.5, 0.6) is 0 Å². The van der Waals surface area contributed by atoms with Gasteiger partial charge >= 0.3 is 0 Å². The van der Waals surface area contributed by atoms with E-state index in [1.165, 1.54) is 5.56 Å². The molecule has 2 aliphatic heterocycles. The summed E-state index contributed by atoms with van der Waals surface area (Å²) in [7, 11) is 0. The minimum atomic E-state index is -0.168. The summed E-state index contributed by atoms with van der Waals surface area (Å²) in [6.07, 6.45) is 8.25. The van der Waals surface area contributed by atoms with Crippen LogP contribution in [0.15, 0.2) is 36.6 Å². The highest BCUT2D eigenvalue weighted by atomic mass is 16.5. The van der Waals surface area contributed by atoms with Gasteiger partial charge in [-0.05, 0) is 56.0 Å². The topological polar surface area (TPSA) is 67.6 Å². The van der Waals surface area contributed by atoms with Crippen molar-refractivity contribution in [2.45, 2.75) is 38.3 Å². The number of amides is 1. The van der Waals surface area contributed by atoms with Crippen LogP contribution in [-0.4, -0.2) is 36.5 Å². The van der Waals surface area contributed by atoms with Crippen molar-refractivity contribution in [1.82, 2.24) is 4.90 Å². The molecule has 0 spiro atoms. The molecule has 2 heterocycles. The Hall–Kier alpha value is -2.01. The van der Waals surface area contributed by atoms with E-state index in [1.807, 2.05) is 0 Å². The van der Waals surface area contributed by atoms with Crippen molar-refractivity contribution in [2.75, 3.05) is 25.0 Å². The third-order valence-corrected chi connectivity index (χ3v) is 4.82. The Bertz CT molecular complexity index is 570. The van der Waals surface area contributed by atoms with Gasteiger partial charge in [-0.2, -0.15) is 0 Å². The van der Waals surface area contributed by atoms with Gasteiger partial charge in [-0.25, -0.2) is 0 Å². The Labute approximate surface area is 143 Å². The van der Waals surface area contributed by atoms with Gasteiger partial charge in [-0.3, -0.25) is 9.69 Å². The van der Waals surface area contributed by atoms with Crippen LogP contribution < -0.4 is 11.1 Å². The summed E-state index contributed by atoms with van der Waals surface area (Å²) in [5, 5.41) is 3.43. The molecule has 0 bridgehead atoms. The van der Waals surface area contributed by atoms with E-state index in [2.05, 4.69) is 40.6 Å². The lowest BCUT2D eigenvalue weighted by atomic mass is 9.97. The van der Waals surface area contributed by atoms with E-state index < -0.39 is 0 Å². The van der Waals surface area contributed by atoms with Crippen LogP contribution in [0.2, 0.25) is 0 Å². The van der Waals surface area contributed by atoms with E-state index in [0.717, 1.165) is 57.5 Å². The number of hydrogen-bond donors (Lipinski definition) is 2. The van der Waals surface area contributed by atoms with Crippen LogP contribution in [0.1, 0.15) is 31.2 Å². The van der Waals surface area contributed by atoms with E-state index in [0.29, 0.717) is 0 Å². The third-order valence-electron chi connectivity index (χ3n) is 4.82. The number of carbonyl (C=O) groups is 1. The molecule has 0 radical (unpaired) electrons. The molecule has 1 amide bonds. The lowest BCUT2D eigenvalue weighted by Crippen LogP contribution is -2.40. The summed E-state index contributed by atoms with van der Waals surface area (Å²) in [5.74, 6) is -0.164. The van der Waals surface area contributed by atoms with E-state index in [4.69, 9.17) is 10.5 Å². The summed E-state index contributed by atoms with van der Waals surface area (Å²) in [4.78, 5) is 13.7. The Kier molecular flexibility index (Phi) is 5.75. The summed E-state index contributed by atoms with van der Waals surface area (Å²) < 4.78 is 5.57. The standard InChI is InChI=1S/C19H27N3O2/c20-19(23)16-4-3-10-22(14-16)13-15-6-8-17(9-7-15)21-12-18-5-1-2-11-24-18/h2,6-9,11,16,18,21H,1,3-5,10,12-14H2,(H2,20,23)/t16-,18+/m0/s1. The van der Waals surface area contributed by atoms with Crippen molar-refractivity contribution in [3.8, 4) is 0 Å². The molecule has 0 aliphatic carbocycles. The van der Waals surface area contributed by atoms with Crippen molar-refractivity contribution in [3.05, 3.63) is 42.2 Å². The Morgan fingerprint density at radius 2 is 2.12 bits per heavy atom. The number of carbonyl (C=O) groups excluding carboxylic acids is 1. The van der Waals surface area contributed by atoms with E-state index in [9.17, 15) is 4.79 Å². The minimum absolute atomic E-state index is 0.00392. The molecule has 2 atom stereocenters. The van der Waals surface area contributed by atoms with Crippen LogP contribution in [0, 0.1) is 5.92 Å². The first-order valence-electron chi connectivity index (χ1n) is 8.85. The van der Waals surface area contributed by atoms with Gasteiger partial charge in [0.25, 0.3) is 0 Å². The number of likely N-dealkylation sites (tertiary alicyclic amines) is 1. The lowest BCUT2D eigenvalue weighted by molar-refractivity contribution is -0.123. The molecule has 1 saturated heterocycles. The number of anilines is 1. The fraction of sp³-hybridized carbons (Fsp3) is 0.526.